The summed E-state index contributed by atoms with van der Waals surface area (Å²) in [5.74, 6) is -1.35. The minimum atomic E-state index is -1.01. The Labute approximate surface area is 180 Å². The lowest BCUT2D eigenvalue weighted by molar-refractivity contribution is -0.171. The Bertz CT molecular complexity index is 854. The number of hydrogen-bond acceptors (Lipinski definition) is 3. The summed E-state index contributed by atoms with van der Waals surface area (Å²) in [6.07, 6.45) is 1.42. The second-order valence-corrected chi connectivity index (χ2v) is 7.95. The predicted molar refractivity (Wildman–Crippen MR) is 112 cm³/mol. The van der Waals surface area contributed by atoms with E-state index < -0.39 is 24.2 Å². The number of hydrogen-bond donors (Lipinski definition) is 1. The molecule has 1 saturated heterocycles. The van der Waals surface area contributed by atoms with Gasteiger partial charge in [0, 0.05) is 10.0 Å². The number of ether oxygens (including phenoxy) is 1. The SMILES string of the molecule is CCCC[C@H](C(=O)O)N1C(=O)CO[C@@H](c2ccc(Cl)cc2)[C@H]1c1ccc(Cl)cc1. The smallest absolute Gasteiger partial charge is 0.326 e. The number of carboxylic acids is 1. The maximum Gasteiger partial charge on any atom is 0.326 e. The number of amides is 1. The third-order valence-electron chi connectivity index (χ3n) is 5.12. The summed E-state index contributed by atoms with van der Waals surface area (Å²) in [6.45, 7) is 1.82. The van der Waals surface area contributed by atoms with Crippen LogP contribution in [-0.2, 0) is 14.3 Å². The standard InChI is InChI=1S/C22H23Cl2NO4/c1-2-3-4-18(22(27)28)25-19(26)13-29-21(15-7-11-17(24)12-8-15)20(25)14-5-9-16(23)10-6-14/h5-12,18,20-21H,2-4,13H2,1H3,(H,27,28)/t18-,20-,21+/m1/s1. The Morgan fingerprint density at radius 1 is 1.10 bits per heavy atom. The van der Waals surface area contributed by atoms with Crippen molar-refractivity contribution in [2.24, 2.45) is 0 Å². The van der Waals surface area contributed by atoms with Crippen LogP contribution in [0.2, 0.25) is 10.0 Å². The summed E-state index contributed by atoms with van der Waals surface area (Å²) in [5, 5.41) is 11.1. The molecule has 7 heteroatoms. The molecule has 0 saturated carbocycles. The number of morpholine rings is 1. The van der Waals surface area contributed by atoms with Crippen LogP contribution in [0.5, 0.6) is 0 Å². The van der Waals surface area contributed by atoms with Crippen LogP contribution in [0.15, 0.2) is 48.5 Å². The minimum absolute atomic E-state index is 0.173. The Hall–Kier alpha value is -2.08. The lowest BCUT2D eigenvalue weighted by Gasteiger charge is -2.44. The van der Waals surface area contributed by atoms with E-state index in [-0.39, 0.29) is 12.5 Å². The van der Waals surface area contributed by atoms with Crippen LogP contribution >= 0.6 is 23.2 Å². The van der Waals surface area contributed by atoms with Crippen molar-refractivity contribution in [1.82, 2.24) is 4.90 Å². The first-order chi connectivity index (χ1) is 13.9. The van der Waals surface area contributed by atoms with Gasteiger partial charge in [-0.25, -0.2) is 4.79 Å². The third-order valence-corrected chi connectivity index (χ3v) is 5.63. The molecule has 0 unspecified atom stereocenters. The van der Waals surface area contributed by atoms with Gasteiger partial charge in [0.25, 0.3) is 0 Å². The van der Waals surface area contributed by atoms with Crippen LogP contribution in [0.3, 0.4) is 0 Å². The van der Waals surface area contributed by atoms with E-state index in [0.717, 1.165) is 17.5 Å². The fourth-order valence-electron chi connectivity index (χ4n) is 3.70. The number of nitrogens with zero attached hydrogens (tertiary/aromatic N) is 1. The van der Waals surface area contributed by atoms with Gasteiger partial charge in [0.05, 0.1) is 6.04 Å². The van der Waals surface area contributed by atoms with Gasteiger partial charge in [0.1, 0.15) is 18.8 Å². The van der Waals surface area contributed by atoms with Gasteiger partial charge in [-0.3, -0.25) is 4.79 Å². The zero-order chi connectivity index (χ0) is 21.0. The predicted octanol–water partition coefficient (Wildman–Crippen LogP) is 5.28. The quantitative estimate of drug-likeness (QED) is 0.642. The second-order valence-electron chi connectivity index (χ2n) is 7.08. The minimum Gasteiger partial charge on any atom is -0.480 e. The molecular weight excluding hydrogens is 413 g/mol. The van der Waals surface area contributed by atoms with E-state index in [4.69, 9.17) is 27.9 Å². The number of carbonyl (C=O) groups is 2. The Morgan fingerprint density at radius 3 is 2.17 bits per heavy atom. The fraction of sp³-hybridized carbons (Fsp3) is 0.364. The molecule has 0 bridgehead atoms. The fourth-order valence-corrected chi connectivity index (χ4v) is 3.95. The molecule has 3 rings (SSSR count). The summed E-state index contributed by atoms with van der Waals surface area (Å²) in [6, 6.07) is 12.8. The maximum atomic E-state index is 12.9. The first-order valence-electron chi connectivity index (χ1n) is 9.59. The van der Waals surface area contributed by atoms with E-state index in [0.29, 0.717) is 22.9 Å². The molecule has 1 heterocycles. The molecule has 0 aliphatic carbocycles. The lowest BCUT2D eigenvalue weighted by Crippen LogP contribution is -2.53. The molecule has 1 amide bonds. The first-order valence-corrected chi connectivity index (χ1v) is 10.3. The van der Waals surface area contributed by atoms with Crippen molar-refractivity contribution in [3.05, 3.63) is 69.7 Å². The average molecular weight is 436 g/mol. The molecule has 2 aromatic rings. The van der Waals surface area contributed by atoms with Crippen molar-refractivity contribution in [1.29, 1.82) is 0 Å². The number of unbranched alkanes of at least 4 members (excludes halogenated alkanes) is 1. The number of carbonyl (C=O) groups excluding carboxylic acids is 1. The van der Waals surface area contributed by atoms with E-state index in [9.17, 15) is 14.7 Å². The average Bonchev–Trinajstić information content (AvgIpc) is 2.70. The topological polar surface area (TPSA) is 66.8 Å². The molecule has 1 aliphatic rings. The van der Waals surface area contributed by atoms with Crippen LogP contribution in [0.25, 0.3) is 0 Å². The molecule has 2 aromatic carbocycles. The zero-order valence-electron chi connectivity index (χ0n) is 16.1. The number of aliphatic carboxylic acids is 1. The van der Waals surface area contributed by atoms with Gasteiger partial charge < -0.3 is 14.7 Å². The van der Waals surface area contributed by atoms with Crippen molar-refractivity contribution in [3.63, 3.8) is 0 Å². The van der Waals surface area contributed by atoms with Crippen molar-refractivity contribution in [2.45, 2.75) is 44.4 Å². The van der Waals surface area contributed by atoms with E-state index in [1.165, 1.54) is 4.90 Å². The highest BCUT2D eigenvalue weighted by atomic mass is 35.5. The van der Waals surface area contributed by atoms with Crippen LogP contribution in [0.1, 0.15) is 49.5 Å². The largest absolute Gasteiger partial charge is 0.480 e. The van der Waals surface area contributed by atoms with Crippen molar-refractivity contribution < 1.29 is 19.4 Å². The molecule has 5 nitrogen and oxygen atoms in total. The molecule has 154 valence electrons. The summed E-state index contributed by atoms with van der Waals surface area (Å²) >= 11 is 12.1. The van der Waals surface area contributed by atoms with Gasteiger partial charge in [-0.1, -0.05) is 67.2 Å². The van der Waals surface area contributed by atoms with E-state index in [1.54, 1.807) is 24.3 Å². The van der Waals surface area contributed by atoms with Gasteiger partial charge >= 0.3 is 5.97 Å². The van der Waals surface area contributed by atoms with Crippen molar-refractivity contribution in [2.75, 3.05) is 6.61 Å². The Morgan fingerprint density at radius 2 is 1.66 bits per heavy atom. The number of benzene rings is 2. The highest BCUT2D eigenvalue weighted by molar-refractivity contribution is 6.30. The van der Waals surface area contributed by atoms with Gasteiger partial charge in [-0.15, -0.1) is 0 Å². The number of rotatable bonds is 7. The molecule has 0 radical (unpaired) electrons. The van der Waals surface area contributed by atoms with Crippen LogP contribution in [-0.4, -0.2) is 34.5 Å². The van der Waals surface area contributed by atoms with Crippen molar-refractivity contribution in [3.8, 4) is 0 Å². The van der Waals surface area contributed by atoms with Gasteiger partial charge in [-0.05, 0) is 41.8 Å². The van der Waals surface area contributed by atoms with E-state index in [2.05, 4.69) is 0 Å². The summed E-state index contributed by atoms with van der Waals surface area (Å²) < 4.78 is 5.92. The van der Waals surface area contributed by atoms with E-state index >= 15 is 0 Å². The molecule has 3 atom stereocenters. The molecule has 0 aromatic heterocycles. The Balaban J connectivity index is 2.09. The monoisotopic (exact) mass is 435 g/mol. The summed E-state index contributed by atoms with van der Waals surface area (Å²) in [7, 11) is 0. The molecule has 1 fully saturated rings. The van der Waals surface area contributed by atoms with Gasteiger partial charge in [-0.2, -0.15) is 0 Å². The summed E-state index contributed by atoms with van der Waals surface area (Å²) in [4.78, 5) is 26.4. The second kappa shape index (κ2) is 9.61. The lowest BCUT2D eigenvalue weighted by atomic mass is 9.90. The highest BCUT2D eigenvalue weighted by Gasteiger charge is 2.44. The summed E-state index contributed by atoms with van der Waals surface area (Å²) in [5.41, 5.74) is 1.59. The molecular formula is C22H23Cl2NO4. The van der Waals surface area contributed by atoms with E-state index in [1.807, 2.05) is 31.2 Å². The van der Waals surface area contributed by atoms with Gasteiger partial charge in [0.15, 0.2) is 0 Å². The molecule has 0 spiro atoms. The van der Waals surface area contributed by atoms with Crippen LogP contribution < -0.4 is 0 Å². The maximum absolute atomic E-state index is 12.9. The molecule has 1 aliphatic heterocycles. The normalized spacial score (nSPS) is 20.5. The third kappa shape index (κ3) is 4.92. The molecule has 1 N–H and O–H groups in total. The van der Waals surface area contributed by atoms with Crippen molar-refractivity contribution >= 4 is 35.1 Å². The highest BCUT2D eigenvalue weighted by Crippen LogP contribution is 2.42. The number of halogens is 2. The van der Waals surface area contributed by atoms with Gasteiger partial charge in [0.2, 0.25) is 5.91 Å². The van der Waals surface area contributed by atoms with Crippen LogP contribution in [0, 0.1) is 0 Å². The number of carboxylic acid groups (broad SMARTS) is 1. The molecule has 29 heavy (non-hydrogen) atoms. The zero-order valence-corrected chi connectivity index (χ0v) is 17.6. The Kier molecular flexibility index (Phi) is 7.17. The first kappa shape index (κ1) is 21.6. The van der Waals surface area contributed by atoms with Crippen LogP contribution in [0.4, 0.5) is 0 Å².